The number of methoxy groups -OCH3 is 2. The van der Waals surface area contributed by atoms with Crippen molar-refractivity contribution in [3.63, 3.8) is 0 Å². The van der Waals surface area contributed by atoms with Gasteiger partial charge in [-0.2, -0.15) is 0 Å². The summed E-state index contributed by atoms with van der Waals surface area (Å²) in [6.45, 7) is -0.415. The molecule has 21 heavy (non-hydrogen) atoms. The summed E-state index contributed by atoms with van der Waals surface area (Å²) >= 11 is 0. The van der Waals surface area contributed by atoms with E-state index in [1.807, 2.05) is 0 Å². The first-order valence-corrected chi connectivity index (χ1v) is 6.15. The van der Waals surface area contributed by atoms with Gasteiger partial charge < -0.3 is 20.1 Å². The zero-order chi connectivity index (χ0) is 15.4. The number of amides is 4. The van der Waals surface area contributed by atoms with E-state index in [4.69, 9.17) is 9.47 Å². The zero-order valence-corrected chi connectivity index (χ0v) is 11.6. The van der Waals surface area contributed by atoms with Crippen molar-refractivity contribution >= 4 is 23.5 Å². The molecule has 2 N–H and O–H groups in total. The number of benzene rings is 1. The van der Waals surface area contributed by atoms with Crippen LogP contribution in [0.4, 0.5) is 10.5 Å². The van der Waals surface area contributed by atoms with Crippen molar-refractivity contribution in [2.45, 2.75) is 0 Å². The molecule has 1 heterocycles. The van der Waals surface area contributed by atoms with Gasteiger partial charge in [-0.3, -0.25) is 14.5 Å². The number of rotatable bonds is 5. The van der Waals surface area contributed by atoms with E-state index in [0.29, 0.717) is 17.2 Å². The largest absolute Gasteiger partial charge is 0.493 e. The monoisotopic (exact) mass is 293 g/mol. The predicted molar refractivity (Wildman–Crippen MR) is 73.3 cm³/mol. The maximum absolute atomic E-state index is 11.9. The van der Waals surface area contributed by atoms with Crippen LogP contribution < -0.4 is 20.1 Å². The lowest BCUT2D eigenvalue weighted by atomic mass is 10.2. The molecule has 1 saturated heterocycles. The van der Waals surface area contributed by atoms with Crippen LogP contribution in [-0.2, 0) is 9.59 Å². The van der Waals surface area contributed by atoms with Crippen LogP contribution in [-0.4, -0.2) is 50.1 Å². The highest BCUT2D eigenvalue weighted by Gasteiger charge is 2.30. The first-order valence-electron chi connectivity index (χ1n) is 6.15. The quantitative estimate of drug-likeness (QED) is 0.756. The maximum atomic E-state index is 11.9. The van der Waals surface area contributed by atoms with Gasteiger partial charge in [0.25, 0.3) is 5.91 Å². The normalized spacial score (nSPS) is 13.9. The highest BCUT2D eigenvalue weighted by Crippen LogP contribution is 2.29. The van der Waals surface area contributed by atoms with Gasteiger partial charge in [-0.25, -0.2) is 4.79 Å². The number of imide groups is 1. The number of carbonyl (C=O) groups is 3. The number of carbonyl (C=O) groups excluding carboxylic acids is 3. The van der Waals surface area contributed by atoms with Gasteiger partial charge in [0, 0.05) is 11.8 Å². The minimum Gasteiger partial charge on any atom is -0.493 e. The van der Waals surface area contributed by atoms with Crippen LogP contribution in [0.15, 0.2) is 18.2 Å². The third-order valence-electron chi connectivity index (χ3n) is 2.91. The molecule has 4 amide bonds. The Morgan fingerprint density at radius 2 is 2.00 bits per heavy atom. The summed E-state index contributed by atoms with van der Waals surface area (Å²) in [5, 5.41) is 4.93. The molecule has 0 atom stereocenters. The first-order chi connectivity index (χ1) is 10.0. The molecule has 1 aliphatic rings. The number of urea groups is 1. The standard InChI is InChI=1S/C13H15N3O5/c1-20-9-4-3-8(5-10(9)21-2)15-11(17)7-16-12(18)6-14-13(16)19/h3-5H,6-7H2,1-2H3,(H,14,19)(H,15,17). The van der Waals surface area contributed by atoms with Crippen molar-refractivity contribution in [1.29, 1.82) is 0 Å². The number of nitrogens with one attached hydrogen (secondary N) is 2. The van der Waals surface area contributed by atoms with Crippen molar-refractivity contribution in [3.05, 3.63) is 18.2 Å². The highest BCUT2D eigenvalue weighted by atomic mass is 16.5. The summed E-state index contributed by atoms with van der Waals surface area (Å²) in [4.78, 5) is 35.4. The average molecular weight is 293 g/mol. The van der Waals surface area contributed by atoms with Crippen molar-refractivity contribution < 1.29 is 23.9 Å². The number of nitrogens with zero attached hydrogens (tertiary/aromatic N) is 1. The molecule has 112 valence electrons. The van der Waals surface area contributed by atoms with Gasteiger partial charge in [-0.15, -0.1) is 0 Å². The molecule has 1 aliphatic heterocycles. The highest BCUT2D eigenvalue weighted by molar-refractivity contribution is 6.06. The lowest BCUT2D eigenvalue weighted by molar-refractivity contribution is -0.128. The Morgan fingerprint density at radius 3 is 2.57 bits per heavy atom. The predicted octanol–water partition coefficient (Wildman–Crippen LogP) is 0.194. The van der Waals surface area contributed by atoms with Gasteiger partial charge in [-0.05, 0) is 12.1 Å². The van der Waals surface area contributed by atoms with E-state index in [0.717, 1.165) is 4.90 Å². The van der Waals surface area contributed by atoms with Crippen LogP contribution in [0, 0.1) is 0 Å². The SMILES string of the molecule is COc1ccc(NC(=O)CN2C(=O)CNC2=O)cc1OC. The average Bonchev–Trinajstić information content (AvgIpc) is 2.79. The van der Waals surface area contributed by atoms with Crippen LogP contribution in [0.2, 0.25) is 0 Å². The van der Waals surface area contributed by atoms with Crippen LogP contribution in [0.3, 0.4) is 0 Å². The van der Waals surface area contributed by atoms with E-state index in [1.54, 1.807) is 18.2 Å². The van der Waals surface area contributed by atoms with Crippen LogP contribution in [0.1, 0.15) is 0 Å². The van der Waals surface area contributed by atoms with Gasteiger partial charge in [0.1, 0.15) is 6.54 Å². The summed E-state index contributed by atoms with van der Waals surface area (Å²) in [5.41, 5.74) is 0.477. The van der Waals surface area contributed by atoms with Gasteiger partial charge in [0.15, 0.2) is 11.5 Å². The van der Waals surface area contributed by atoms with Crippen LogP contribution in [0.5, 0.6) is 11.5 Å². The lowest BCUT2D eigenvalue weighted by Crippen LogP contribution is -2.38. The Morgan fingerprint density at radius 1 is 1.29 bits per heavy atom. The third-order valence-corrected chi connectivity index (χ3v) is 2.91. The first kappa shape index (κ1) is 14.6. The van der Waals surface area contributed by atoms with Gasteiger partial charge in [0.05, 0.1) is 20.8 Å². The molecule has 0 radical (unpaired) electrons. The molecule has 1 fully saturated rings. The molecule has 0 aliphatic carbocycles. The van der Waals surface area contributed by atoms with E-state index in [9.17, 15) is 14.4 Å². The van der Waals surface area contributed by atoms with Crippen molar-refractivity contribution in [3.8, 4) is 11.5 Å². The van der Waals surface area contributed by atoms with Crippen molar-refractivity contribution in [2.75, 3.05) is 32.6 Å². The molecular formula is C13H15N3O5. The fourth-order valence-corrected chi connectivity index (χ4v) is 1.87. The fraction of sp³-hybridized carbons (Fsp3) is 0.308. The molecule has 8 nitrogen and oxygen atoms in total. The third kappa shape index (κ3) is 3.22. The van der Waals surface area contributed by atoms with Crippen molar-refractivity contribution in [1.82, 2.24) is 10.2 Å². The van der Waals surface area contributed by atoms with Crippen LogP contribution >= 0.6 is 0 Å². The Kier molecular flexibility index (Phi) is 4.27. The second-order valence-corrected chi connectivity index (χ2v) is 4.26. The molecule has 0 bridgehead atoms. The molecule has 8 heteroatoms. The number of ether oxygens (including phenoxy) is 2. The summed E-state index contributed by atoms with van der Waals surface area (Å²) in [5.74, 6) is 0.0879. The topological polar surface area (TPSA) is 97.0 Å². The minimum absolute atomic E-state index is 0.0809. The lowest BCUT2D eigenvalue weighted by Gasteiger charge is -2.13. The molecule has 0 unspecified atom stereocenters. The van der Waals surface area contributed by atoms with Crippen molar-refractivity contribution in [2.24, 2.45) is 0 Å². The van der Waals surface area contributed by atoms with E-state index in [2.05, 4.69) is 10.6 Å². The summed E-state index contributed by atoms with van der Waals surface area (Å²) in [7, 11) is 2.99. The zero-order valence-electron chi connectivity index (χ0n) is 11.6. The van der Waals surface area contributed by atoms with E-state index >= 15 is 0 Å². The molecular weight excluding hydrogens is 278 g/mol. The number of anilines is 1. The molecule has 1 aromatic carbocycles. The smallest absolute Gasteiger partial charge is 0.325 e. The summed E-state index contributed by atoms with van der Waals surface area (Å²) < 4.78 is 10.2. The Balaban J connectivity index is 2.02. The Bertz CT molecular complexity index is 571. The molecule has 0 aromatic heterocycles. The Labute approximate surface area is 121 Å². The second-order valence-electron chi connectivity index (χ2n) is 4.26. The molecule has 1 aromatic rings. The molecule has 2 rings (SSSR count). The number of hydrogen-bond acceptors (Lipinski definition) is 5. The van der Waals surface area contributed by atoms with E-state index in [1.165, 1.54) is 14.2 Å². The molecule has 0 spiro atoms. The van der Waals surface area contributed by atoms with E-state index in [-0.39, 0.29) is 13.1 Å². The van der Waals surface area contributed by atoms with E-state index < -0.39 is 17.8 Å². The Hall–Kier alpha value is -2.77. The minimum atomic E-state index is -0.567. The summed E-state index contributed by atoms with van der Waals surface area (Å²) in [6.07, 6.45) is 0. The van der Waals surface area contributed by atoms with Gasteiger partial charge >= 0.3 is 6.03 Å². The second kappa shape index (κ2) is 6.12. The summed E-state index contributed by atoms with van der Waals surface area (Å²) in [6, 6.07) is 4.29. The van der Waals surface area contributed by atoms with Crippen LogP contribution in [0.25, 0.3) is 0 Å². The number of hydrogen-bond donors (Lipinski definition) is 2. The molecule has 0 saturated carbocycles. The van der Waals surface area contributed by atoms with Gasteiger partial charge in [0.2, 0.25) is 5.91 Å². The maximum Gasteiger partial charge on any atom is 0.325 e. The fourth-order valence-electron chi connectivity index (χ4n) is 1.87. The van der Waals surface area contributed by atoms with Gasteiger partial charge in [-0.1, -0.05) is 0 Å².